The summed E-state index contributed by atoms with van der Waals surface area (Å²) < 4.78 is 25.9. The van der Waals surface area contributed by atoms with Crippen molar-refractivity contribution in [2.45, 2.75) is 25.2 Å². The highest BCUT2D eigenvalue weighted by atomic mass is 19.3. The molecule has 2 heterocycles. The highest BCUT2D eigenvalue weighted by molar-refractivity contribution is 5.79. The van der Waals surface area contributed by atoms with Crippen LogP contribution >= 0.6 is 0 Å². The van der Waals surface area contributed by atoms with E-state index in [1.165, 1.54) is 0 Å². The first-order chi connectivity index (χ1) is 8.57. The maximum absolute atomic E-state index is 12.9. The van der Waals surface area contributed by atoms with E-state index in [1.807, 2.05) is 4.90 Å². The molecular weight excluding hydrogens is 240 g/mol. The summed E-state index contributed by atoms with van der Waals surface area (Å²) >= 11 is 0. The Morgan fingerprint density at radius 2 is 2.11 bits per heavy atom. The number of hydrogen-bond donors (Lipinski definition) is 2. The third-order valence-corrected chi connectivity index (χ3v) is 3.75. The number of piperidine rings is 1. The minimum Gasteiger partial charge on any atom is -0.355 e. The first-order valence-corrected chi connectivity index (χ1v) is 6.65. The Hall–Kier alpha value is -0.750. The molecule has 1 unspecified atom stereocenters. The molecule has 2 N–H and O–H groups in total. The van der Waals surface area contributed by atoms with Crippen molar-refractivity contribution < 1.29 is 13.6 Å². The van der Waals surface area contributed by atoms with Gasteiger partial charge in [0.1, 0.15) is 0 Å². The Morgan fingerprint density at radius 3 is 2.72 bits per heavy atom. The van der Waals surface area contributed by atoms with Gasteiger partial charge >= 0.3 is 0 Å². The standard InChI is InChI=1S/C12H21F2N3O/c13-12(14)2-6-17(7-3-12)8-5-16-11(18)10-1-4-15-9-10/h10,15H,1-9H2,(H,16,18). The first kappa shape index (κ1) is 13.7. The van der Waals surface area contributed by atoms with Crippen molar-refractivity contribution in [3.8, 4) is 0 Å². The second kappa shape index (κ2) is 5.93. The van der Waals surface area contributed by atoms with Crippen LogP contribution in [0.4, 0.5) is 8.78 Å². The molecular formula is C12H21F2N3O. The zero-order valence-electron chi connectivity index (χ0n) is 10.6. The largest absolute Gasteiger partial charge is 0.355 e. The van der Waals surface area contributed by atoms with Crippen LogP contribution in [0.5, 0.6) is 0 Å². The summed E-state index contributed by atoms with van der Waals surface area (Å²) in [6.07, 6.45) is 0.767. The fourth-order valence-corrected chi connectivity index (χ4v) is 2.46. The SMILES string of the molecule is O=C(NCCN1CCC(F)(F)CC1)C1CCNC1. The molecule has 0 aliphatic carbocycles. The van der Waals surface area contributed by atoms with Gasteiger partial charge in [-0.2, -0.15) is 0 Å². The minimum atomic E-state index is -2.49. The molecule has 0 radical (unpaired) electrons. The Balaban J connectivity index is 1.59. The van der Waals surface area contributed by atoms with E-state index in [4.69, 9.17) is 0 Å². The number of likely N-dealkylation sites (tertiary alicyclic amines) is 1. The van der Waals surface area contributed by atoms with Crippen molar-refractivity contribution >= 4 is 5.91 Å². The lowest BCUT2D eigenvalue weighted by Gasteiger charge is -2.31. The molecule has 0 bridgehead atoms. The molecule has 2 aliphatic rings. The number of nitrogens with zero attached hydrogens (tertiary/aromatic N) is 1. The number of amides is 1. The number of carbonyl (C=O) groups is 1. The molecule has 104 valence electrons. The number of carbonyl (C=O) groups excluding carboxylic acids is 1. The van der Waals surface area contributed by atoms with Crippen LogP contribution in [0, 0.1) is 5.92 Å². The van der Waals surface area contributed by atoms with Gasteiger partial charge in [-0.15, -0.1) is 0 Å². The van der Waals surface area contributed by atoms with Gasteiger partial charge in [-0.1, -0.05) is 0 Å². The van der Waals surface area contributed by atoms with Crippen molar-refractivity contribution in [1.29, 1.82) is 0 Å². The summed E-state index contributed by atoms with van der Waals surface area (Å²) in [7, 11) is 0. The maximum Gasteiger partial charge on any atom is 0.250 e. The highest BCUT2D eigenvalue weighted by Gasteiger charge is 2.33. The minimum absolute atomic E-state index is 0.0620. The van der Waals surface area contributed by atoms with E-state index in [-0.39, 0.29) is 24.7 Å². The van der Waals surface area contributed by atoms with Crippen LogP contribution in [0.3, 0.4) is 0 Å². The second-order valence-electron chi connectivity index (χ2n) is 5.18. The summed E-state index contributed by atoms with van der Waals surface area (Å²) in [5.74, 6) is -2.33. The van der Waals surface area contributed by atoms with Crippen molar-refractivity contribution in [1.82, 2.24) is 15.5 Å². The average Bonchev–Trinajstić information content (AvgIpc) is 2.85. The normalized spacial score (nSPS) is 28.2. The summed E-state index contributed by atoms with van der Waals surface area (Å²) in [5, 5.41) is 6.03. The maximum atomic E-state index is 12.9. The molecule has 4 nitrogen and oxygen atoms in total. The van der Waals surface area contributed by atoms with Crippen molar-refractivity contribution in [2.75, 3.05) is 39.3 Å². The van der Waals surface area contributed by atoms with Gasteiger partial charge in [-0.05, 0) is 13.0 Å². The molecule has 2 aliphatic heterocycles. The Morgan fingerprint density at radius 1 is 1.39 bits per heavy atom. The molecule has 0 saturated carbocycles. The van der Waals surface area contributed by atoms with Crippen LogP contribution in [-0.4, -0.2) is 56.0 Å². The van der Waals surface area contributed by atoms with Crippen LogP contribution in [0.2, 0.25) is 0 Å². The average molecular weight is 261 g/mol. The van der Waals surface area contributed by atoms with Crippen LogP contribution in [0.15, 0.2) is 0 Å². The lowest BCUT2D eigenvalue weighted by molar-refractivity contribution is -0.124. The van der Waals surface area contributed by atoms with E-state index < -0.39 is 5.92 Å². The van der Waals surface area contributed by atoms with Crippen LogP contribution in [0.25, 0.3) is 0 Å². The van der Waals surface area contributed by atoms with Crippen LogP contribution in [0.1, 0.15) is 19.3 Å². The van der Waals surface area contributed by atoms with Gasteiger partial charge in [0, 0.05) is 45.6 Å². The van der Waals surface area contributed by atoms with E-state index >= 15 is 0 Å². The lowest BCUT2D eigenvalue weighted by Crippen LogP contribution is -2.43. The van der Waals surface area contributed by atoms with Gasteiger partial charge in [0.05, 0.1) is 5.92 Å². The number of nitrogens with one attached hydrogen (secondary N) is 2. The molecule has 0 aromatic rings. The molecule has 2 saturated heterocycles. The van der Waals surface area contributed by atoms with Gasteiger partial charge in [-0.3, -0.25) is 4.79 Å². The van der Waals surface area contributed by atoms with E-state index in [0.29, 0.717) is 26.2 Å². The summed E-state index contributed by atoms with van der Waals surface area (Å²) in [5.41, 5.74) is 0. The van der Waals surface area contributed by atoms with E-state index in [2.05, 4.69) is 10.6 Å². The number of rotatable bonds is 4. The lowest BCUT2D eigenvalue weighted by atomic mass is 10.1. The van der Waals surface area contributed by atoms with Crippen molar-refractivity contribution in [3.05, 3.63) is 0 Å². The Labute approximate surface area is 106 Å². The number of alkyl halides is 2. The fourth-order valence-electron chi connectivity index (χ4n) is 2.46. The van der Waals surface area contributed by atoms with Gasteiger partial charge in [0.25, 0.3) is 5.92 Å². The molecule has 1 atom stereocenters. The smallest absolute Gasteiger partial charge is 0.250 e. The molecule has 0 aromatic carbocycles. The molecule has 2 rings (SSSR count). The van der Waals surface area contributed by atoms with Crippen molar-refractivity contribution in [2.24, 2.45) is 5.92 Å². The molecule has 0 aromatic heterocycles. The second-order valence-corrected chi connectivity index (χ2v) is 5.18. The van der Waals surface area contributed by atoms with Gasteiger partial charge in [-0.25, -0.2) is 8.78 Å². The zero-order chi connectivity index (χ0) is 13.0. The molecule has 1 amide bonds. The van der Waals surface area contributed by atoms with Crippen LogP contribution in [-0.2, 0) is 4.79 Å². The van der Waals surface area contributed by atoms with Gasteiger partial charge < -0.3 is 15.5 Å². The number of halogens is 2. The monoisotopic (exact) mass is 261 g/mol. The van der Waals surface area contributed by atoms with Gasteiger partial charge in [0.15, 0.2) is 0 Å². The molecule has 18 heavy (non-hydrogen) atoms. The fraction of sp³-hybridized carbons (Fsp3) is 0.917. The van der Waals surface area contributed by atoms with Crippen molar-refractivity contribution in [3.63, 3.8) is 0 Å². The zero-order valence-corrected chi connectivity index (χ0v) is 10.6. The molecule has 0 spiro atoms. The Bertz CT molecular complexity index is 283. The first-order valence-electron chi connectivity index (χ1n) is 6.65. The quantitative estimate of drug-likeness (QED) is 0.772. The summed E-state index contributed by atoms with van der Waals surface area (Å²) in [6, 6.07) is 0. The Kier molecular flexibility index (Phi) is 4.50. The molecule has 6 heteroatoms. The third-order valence-electron chi connectivity index (χ3n) is 3.75. The predicted octanol–water partition coefficient (Wildman–Crippen LogP) is 0.443. The third kappa shape index (κ3) is 3.88. The van der Waals surface area contributed by atoms with Gasteiger partial charge in [0.2, 0.25) is 5.91 Å². The highest BCUT2D eigenvalue weighted by Crippen LogP contribution is 2.27. The summed E-state index contributed by atoms with van der Waals surface area (Å²) in [4.78, 5) is 13.7. The summed E-state index contributed by atoms with van der Waals surface area (Å²) in [6.45, 7) is 3.73. The number of hydrogen-bond acceptors (Lipinski definition) is 3. The van der Waals surface area contributed by atoms with E-state index in [9.17, 15) is 13.6 Å². The van der Waals surface area contributed by atoms with Crippen LogP contribution < -0.4 is 10.6 Å². The molecule has 2 fully saturated rings. The van der Waals surface area contributed by atoms with E-state index in [1.54, 1.807) is 0 Å². The predicted molar refractivity (Wildman–Crippen MR) is 64.6 cm³/mol. The topological polar surface area (TPSA) is 44.4 Å². The van der Waals surface area contributed by atoms with E-state index in [0.717, 1.165) is 19.5 Å².